The van der Waals surface area contributed by atoms with Crippen LogP contribution in [0.3, 0.4) is 0 Å². The summed E-state index contributed by atoms with van der Waals surface area (Å²) in [7, 11) is -4.07. The lowest BCUT2D eigenvalue weighted by molar-refractivity contribution is -0.164. The van der Waals surface area contributed by atoms with Gasteiger partial charge in [-0.25, -0.2) is 8.42 Å². The minimum atomic E-state index is -4.07. The van der Waals surface area contributed by atoms with Crippen molar-refractivity contribution in [2.75, 3.05) is 13.2 Å². The zero-order valence-electron chi connectivity index (χ0n) is 16.0. The molecule has 0 bridgehead atoms. The number of benzene rings is 2. The molecule has 6 nitrogen and oxygen atoms in total. The highest BCUT2D eigenvalue weighted by Gasteiger charge is 2.81. The van der Waals surface area contributed by atoms with Crippen LogP contribution in [0.15, 0.2) is 59.5 Å². The lowest BCUT2D eigenvalue weighted by atomic mass is 9.99. The SMILES string of the molecule is CCOC(=O)C1(C(=O)OCC)[C@H](c2ccccc2)[C@@H]1S(=O)(=O)c1ccc(Cl)cc1. The second-order valence-electron chi connectivity index (χ2n) is 6.62. The molecule has 0 amide bonds. The molecule has 1 fully saturated rings. The van der Waals surface area contributed by atoms with Crippen molar-refractivity contribution in [1.29, 1.82) is 0 Å². The van der Waals surface area contributed by atoms with Crippen LogP contribution in [0.5, 0.6) is 0 Å². The van der Waals surface area contributed by atoms with E-state index in [4.69, 9.17) is 21.1 Å². The fraction of sp³-hybridized carbons (Fsp3) is 0.333. The van der Waals surface area contributed by atoms with Gasteiger partial charge in [-0.15, -0.1) is 0 Å². The third kappa shape index (κ3) is 3.53. The molecule has 29 heavy (non-hydrogen) atoms. The number of carbonyl (C=O) groups is 2. The first-order valence-corrected chi connectivity index (χ1v) is 11.1. The van der Waals surface area contributed by atoms with E-state index in [1.807, 2.05) is 0 Å². The van der Waals surface area contributed by atoms with Gasteiger partial charge in [-0.3, -0.25) is 9.59 Å². The Morgan fingerprint density at radius 2 is 1.45 bits per heavy atom. The van der Waals surface area contributed by atoms with E-state index in [0.29, 0.717) is 10.6 Å². The van der Waals surface area contributed by atoms with Gasteiger partial charge in [-0.2, -0.15) is 0 Å². The largest absolute Gasteiger partial charge is 0.465 e. The average Bonchev–Trinajstić information content (AvgIpc) is 3.42. The monoisotopic (exact) mass is 436 g/mol. The van der Waals surface area contributed by atoms with Gasteiger partial charge in [0.05, 0.1) is 18.1 Å². The molecule has 0 N–H and O–H groups in total. The van der Waals surface area contributed by atoms with Gasteiger partial charge in [0, 0.05) is 10.9 Å². The summed E-state index contributed by atoms with van der Waals surface area (Å²) < 4.78 is 37.2. The van der Waals surface area contributed by atoms with Crippen molar-refractivity contribution in [3.8, 4) is 0 Å². The van der Waals surface area contributed by atoms with Crippen molar-refractivity contribution in [1.82, 2.24) is 0 Å². The predicted octanol–water partition coefficient (Wildman–Crippen LogP) is 3.39. The van der Waals surface area contributed by atoms with Gasteiger partial charge < -0.3 is 9.47 Å². The van der Waals surface area contributed by atoms with Crippen molar-refractivity contribution in [3.05, 3.63) is 65.2 Å². The van der Waals surface area contributed by atoms with Gasteiger partial charge in [0.1, 0.15) is 5.25 Å². The summed E-state index contributed by atoms with van der Waals surface area (Å²) in [5.41, 5.74) is -1.40. The van der Waals surface area contributed by atoms with Crippen LogP contribution in [0, 0.1) is 5.41 Å². The summed E-state index contributed by atoms with van der Waals surface area (Å²) in [6.45, 7) is 3.21. The molecule has 1 saturated carbocycles. The number of hydrogen-bond donors (Lipinski definition) is 0. The van der Waals surface area contributed by atoms with Crippen molar-refractivity contribution in [2.45, 2.75) is 29.9 Å². The zero-order chi connectivity index (χ0) is 21.2. The van der Waals surface area contributed by atoms with E-state index in [0.717, 1.165) is 0 Å². The number of halogens is 1. The standard InChI is InChI=1S/C21H21ClO6S/c1-3-27-19(23)21(20(24)28-4-2)17(14-8-6-5-7-9-14)18(21)29(25,26)16-12-10-15(22)11-13-16/h5-13,17-18H,3-4H2,1-2H3/t17-,18+/m1/s1. The van der Waals surface area contributed by atoms with E-state index < -0.39 is 38.4 Å². The molecule has 1 aliphatic carbocycles. The predicted molar refractivity (Wildman–Crippen MR) is 107 cm³/mol. The van der Waals surface area contributed by atoms with Gasteiger partial charge in [0.15, 0.2) is 15.3 Å². The first-order valence-electron chi connectivity index (χ1n) is 9.20. The maximum absolute atomic E-state index is 13.5. The minimum absolute atomic E-state index is 0.00914. The van der Waals surface area contributed by atoms with Crippen LogP contribution in [0.1, 0.15) is 25.3 Å². The maximum atomic E-state index is 13.5. The Bertz CT molecular complexity index is 983. The van der Waals surface area contributed by atoms with E-state index in [9.17, 15) is 18.0 Å². The highest BCUT2D eigenvalue weighted by molar-refractivity contribution is 7.92. The zero-order valence-corrected chi connectivity index (χ0v) is 17.6. The summed E-state index contributed by atoms with van der Waals surface area (Å²) >= 11 is 5.88. The van der Waals surface area contributed by atoms with Crippen LogP contribution in [-0.2, 0) is 28.9 Å². The molecule has 2 aromatic carbocycles. The lowest BCUT2D eigenvalue weighted by Gasteiger charge is -2.15. The normalized spacial score (nSPS) is 20.0. The topological polar surface area (TPSA) is 86.7 Å². The summed E-state index contributed by atoms with van der Waals surface area (Å²) in [6, 6.07) is 14.2. The molecule has 0 aliphatic heterocycles. The number of sulfone groups is 1. The van der Waals surface area contributed by atoms with E-state index >= 15 is 0 Å². The number of ether oxygens (including phenoxy) is 2. The molecule has 0 heterocycles. The Morgan fingerprint density at radius 1 is 0.931 bits per heavy atom. The molecule has 2 atom stereocenters. The maximum Gasteiger partial charge on any atom is 0.325 e. The smallest absolute Gasteiger partial charge is 0.325 e. The highest BCUT2D eigenvalue weighted by Crippen LogP contribution is 2.65. The van der Waals surface area contributed by atoms with E-state index in [1.54, 1.807) is 44.2 Å². The van der Waals surface area contributed by atoms with Crippen LogP contribution in [0.4, 0.5) is 0 Å². The molecule has 154 valence electrons. The number of hydrogen-bond acceptors (Lipinski definition) is 6. The van der Waals surface area contributed by atoms with Crippen molar-refractivity contribution in [3.63, 3.8) is 0 Å². The Balaban J connectivity index is 2.18. The average molecular weight is 437 g/mol. The van der Waals surface area contributed by atoms with Crippen LogP contribution >= 0.6 is 11.6 Å². The first-order chi connectivity index (χ1) is 13.8. The summed E-state index contributed by atoms with van der Waals surface area (Å²) in [5, 5.41) is -0.960. The van der Waals surface area contributed by atoms with Crippen molar-refractivity contribution >= 4 is 33.4 Å². The minimum Gasteiger partial charge on any atom is -0.465 e. The van der Waals surface area contributed by atoms with Gasteiger partial charge >= 0.3 is 11.9 Å². The number of esters is 2. The Hall–Kier alpha value is -2.38. The summed E-state index contributed by atoms with van der Waals surface area (Å²) in [6.07, 6.45) is 0. The van der Waals surface area contributed by atoms with E-state index in [1.165, 1.54) is 24.3 Å². The summed E-state index contributed by atoms with van der Waals surface area (Å²) in [4.78, 5) is 25.9. The summed E-state index contributed by atoms with van der Waals surface area (Å²) in [5.74, 6) is -2.70. The second-order valence-corrected chi connectivity index (χ2v) is 9.12. The van der Waals surface area contributed by atoms with Crippen LogP contribution < -0.4 is 0 Å². The third-order valence-corrected chi connectivity index (χ3v) is 7.49. The Kier molecular flexibility index (Phi) is 6.00. The quantitative estimate of drug-likeness (QED) is 0.488. The fourth-order valence-electron chi connectivity index (χ4n) is 3.72. The van der Waals surface area contributed by atoms with Crippen LogP contribution in [0.25, 0.3) is 0 Å². The molecule has 1 aliphatic rings. The highest BCUT2D eigenvalue weighted by atomic mass is 35.5. The molecule has 0 radical (unpaired) electrons. The molecule has 2 aromatic rings. The molecular weight excluding hydrogens is 416 g/mol. The number of rotatable bonds is 7. The van der Waals surface area contributed by atoms with Crippen molar-refractivity contribution < 1.29 is 27.5 Å². The molecule has 0 aromatic heterocycles. The van der Waals surface area contributed by atoms with Crippen LogP contribution in [-0.4, -0.2) is 38.8 Å². The van der Waals surface area contributed by atoms with Crippen LogP contribution in [0.2, 0.25) is 5.02 Å². The molecular formula is C21H21ClO6S. The molecule has 0 spiro atoms. The second kappa shape index (κ2) is 8.16. The Labute approximate surface area is 174 Å². The van der Waals surface area contributed by atoms with Gasteiger partial charge in [0.2, 0.25) is 0 Å². The molecule has 0 unspecified atom stereocenters. The van der Waals surface area contributed by atoms with Crippen molar-refractivity contribution in [2.24, 2.45) is 5.41 Å². The first kappa shape index (κ1) is 21.3. The lowest BCUT2D eigenvalue weighted by Crippen LogP contribution is -2.35. The third-order valence-electron chi connectivity index (χ3n) is 4.99. The van der Waals surface area contributed by atoms with E-state index in [-0.39, 0.29) is 18.1 Å². The van der Waals surface area contributed by atoms with E-state index in [2.05, 4.69) is 0 Å². The van der Waals surface area contributed by atoms with Gasteiger partial charge in [-0.1, -0.05) is 41.9 Å². The Morgan fingerprint density at radius 3 is 1.93 bits per heavy atom. The van der Waals surface area contributed by atoms with Gasteiger partial charge in [-0.05, 0) is 43.7 Å². The molecule has 8 heteroatoms. The molecule has 3 rings (SSSR count). The van der Waals surface area contributed by atoms with Gasteiger partial charge in [0.25, 0.3) is 0 Å². The number of carbonyl (C=O) groups excluding carboxylic acids is 2. The fourth-order valence-corrected chi connectivity index (χ4v) is 6.13. The molecule has 0 saturated heterocycles.